The lowest BCUT2D eigenvalue weighted by atomic mass is 9.68. The Kier molecular flexibility index (Phi) is 7.88. The molecule has 1 spiro atoms. The molecule has 4 unspecified atom stereocenters. The van der Waals surface area contributed by atoms with Crippen molar-refractivity contribution in [1.29, 1.82) is 5.26 Å². The molecule has 1 amide bonds. The molecule has 2 aliphatic heterocycles. The lowest BCUT2D eigenvalue weighted by Gasteiger charge is -2.33. The molecule has 254 valence electrons. The first-order chi connectivity index (χ1) is 23.8. The van der Waals surface area contributed by atoms with Crippen LogP contribution in [-0.4, -0.2) is 92.7 Å². The number of rotatable bonds is 7. The molecule has 2 saturated heterocycles. The van der Waals surface area contributed by atoms with E-state index in [1.165, 1.54) is 0 Å². The fourth-order valence-corrected chi connectivity index (χ4v) is 8.72. The Bertz CT molecular complexity index is 1960. The van der Waals surface area contributed by atoms with Gasteiger partial charge in [0.15, 0.2) is 28.8 Å². The molecule has 1 aromatic carbocycles. The number of nitrogens with zero attached hydrogens (tertiary/aromatic N) is 8. The molecular formula is C36H41N9O4. The van der Waals surface area contributed by atoms with Crippen molar-refractivity contribution in [1.82, 2.24) is 34.7 Å². The van der Waals surface area contributed by atoms with Crippen LogP contribution < -0.4 is 10.5 Å². The number of anilines is 1. The second-order valence-electron chi connectivity index (χ2n) is 13.8. The Balaban J connectivity index is 1.21. The maximum atomic E-state index is 13.2. The highest BCUT2D eigenvalue weighted by atomic mass is 16.5. The van der Waals surface area contributed by atoms with Gasteiger partial charge >= 0.3 is 0 Å². The van der Waals surface area contributed by atoms with Gasteiger partial charge in [-0.25, -0.2) is 9.67 Å². The molecule has 4 aromatic rings. The van der Waals surface area contributed by atoms with E-state index in [0.717, 1.165) is 93.5 Å². The average Bonchev–Trinajstić information content (AvgIpc) is 3.95. The summed E-state index contributed by atoms with van der Waals surface area (Å²) in [6, 6.07) is 9.73. The fourth-order valence-electron chi connectivity index (χ4n) is 8.72. The molecule has 5 heterocycles. The number of fused-ring (bicyclic) bond motifs is 4. The van der Waals surface area contributed by atoms with Gasteiger partial charge in [-0.1, -0.05) is 11.2 Å². The van der Waals surface area contributed by atoms with Gasteiger partial charge in [0, 0.05) is 50.3 Å². The van der Waals surface area contributed by atoms with Crippen LogP contribution in [0, 0.1) is 11.3 Å². The molecule has 13 nitrogen and oxygen atoms in total. The number of hydrogen-bond donors (Lipinski definition) is 1. The first-order valence-electron chi connectivity index (χ1n) is 17.3. The summed E-state index contributed by atoms with van der Waals surface area (Å²) in [6.45, 7) is 4.41. The summed E-state index contributed by atoms with van der Waals surface area (Å²) in [6.07, 6.45) is 8.53. The van der Waals surface area contributed by atoms with Gasteiger partial charge in [0.05, 0.1) is 23.1 Å². The molecular weight excluding hydrogens is 622 g/mol. The summed E-state index contributed by atoms with van der Waals surface area (Å²) >= 11 is 0. The molecule has 49 heavy (non-hydrogen) atoms. The number of nitrogen functional groups attached to an aromatic ring is 1. The molecule has 0 bridgehead atoms. The highest BCUT2D eigenvalue weighted by Gasteiger charge is 2.49. The van der Waals surface area contributed by atoms with Gasteiger partial charge in [-0.3, -0.25) is 9.69 Å². The molecule has 2 fully saturated rings. The van der Waals surface area contributed by atoms with Crippen LogP contribution in [0.1, 0.15) is 84.0 Å². The average molecular weight is 664 g/mol. The van der Waals surface area contributed by atoms with Gasteiger partial charge in [0.1, 0.15) is 12.2 Å². The van der Waals surface area contributed by atoms with E-state index in [9.17, 15) is 10.1 Å². The third-order valence-corrected chi connectivity index (χ3v) is 11.1. The lowest BCUT2D eigenvalue weighted by Crippen LogP contribution is -2.44. The second-order valence-corrected chi connectivity index (χ2v) is 13.8. The van der Waals surface area contributed by atoms with Crippen LogP contribution in [-0.2, 0) is 23.0 Å². The number of nitriles is 1. The van der Waals surface area contributed by atoms with Crippen LogP contribution in [0.25, 0.3) is 17.3 Å². The summed E-state index contributed by atoms with van der Waals surface area (Å²) in [5, 5.41) is 19.4. The van der Waals surface area contributed by atoms with Gasteiger partial charge in [-0.2, -0.15) is 15.3 Å². The minimum atomic E-state index is -0.491. The third-order valence-electron chi connectivity index (χ3n) is 11.1. The first-order valence-corrected chi connectivity index (χ1v) is 17.3. The molecule has 4 atom stereocenters. The van der Waals surface area contributed by atoms with Crippen LogP contribution in [0.3, 0.4) is 0 Å². The first kappa shape index (κ1) is 31.5. The van der Waals surface area contributed by atoms with E-state index in [1.807, 2.05) is 24.0 Å². The highest BCUT2D eigenvalue weighted by molar-refractivity contribution is 5.92. The van der Waals surface area contributed by atoms with E-state index in [-0.39, 0.29) is 24.2 Å². The number of likely N-dealkylation sites (tertiary alicyclic amines) is 2. The quantitative estimate of drug-likeness (QED) is 0.284. The summed E-state index contributed by atoms with van der Waals surface area (Å²) in [4.78, 5) is 27.1. The Morgan fingerprint density at radius 2 is 1.98 bits per heavy atom. The topological polar surface area (TPSA) is 161 Å². The molecule has 0 saturated carbocycles. The van der Waals surface area contributed by atoms with Gasteiger partial charge in [-0.05, 0) is 88.6 Å². The number of methoxy groups -OCH3 is 1. The smallest absolute Gasteiger partial charge is 0.274 e. The molecule has 2 N–H and O–H groups in total. The van der Waals surface area contributed by atoms with Gasteiger partial charge < -0.3 is 24.6 Å². The number of aryl methyl sites for hydroxylation is 1. The van der Waals surface area contributed by atoms with E-state index in [2.05, 4.69) is 28.3 Å². The summed E-state index contributed by atoms with van der Waals surface area (Å²) in [5.74, 6) is 1.82. The van der Waals surface area contributed by atoms with Crippen molar-refractivity contribution in [3.05, 3.63) is 64.2 Å². The second kappa shape index (κ2) is 12.3. The van der Waals surface area contributed by atoms with Gasteiger partial charge in [0.25, 0.3) is 5.91 Å². The van der Waals surface area contributed by atoms with E-state index in [4.69, 9.17) is 29.7 Å². The lowest BCUT2D eigenvalue weighted by molar-refractivity contribution is 0.0174. The zero-order valence-electron chi connectivity index (χ0n) is 28.2. The standard InChI is InChI=1S/C36H41N9O4/c1-21(32-27(47-3)12-17-43(32)2)48-29-19-28(45-18-11-26(41-45)35(46)44-15-4-5-16-44)39-34(40-29)31-23-7-6-13-36(33(23)49-42-31)14-10-22-8-9-25(38)24(20-37)30(22)36/h8-9,11,18-19,21,27,32H,4-7,10,12-17,38H2,1-3H3. The van der Waals surface area contributed by atoms with Crippen molar-refractivity contribution in [2.24, 2.45) is 0 Å². The zero-order valence-corrected chi connectivity index (χ0v) is 28.2. The Hall–Kier alpha value is -4.80. The van der Waals surface area contributed by atoms with Crippen LogP contribution in [0.5, 0.6) is 5.88 Å². The summed E-state index contributed by atoms with van der Waals surface area (Å²) in [5.41, 5.74) is 10.8. The van der Waals surface area contributed by atoms with Crippen LogP contribution in [0.15, 0.2) is 35.0 Å². The van der Waals surface area contributed by atoms with Gasteiger partial charge in [-0.15, -0.1) is 0 Å². The minimum absolute atomic E-state index is 0.0325. The summed E-state index contributed by atoms with van der Waals surface area (Å²) < 4.78 is 20.2. The summed E-state index contributed by atoms with van der Waals surface area (Å²) in [7, 11) is 3.81. The third kappa shape index (κ3) is 5.16. The van der Waals surface area contributed by atoms with E-state index >= 15 is 0 Å². The van der Waals surface area contributed by atoms with Crippen LogP contribution in [0.2, 0.25) is 0 Å². The van der Waals surface area contributed by atoms with Crippen molar-refractivity contribution in [2.75, 3.05) is 39.5 Å². The maximum Gasteiger partial charge on any atom is 0.274 e. The molecule has 3 aromatic heterocycles. The maximum absolute atomic E-state index is 13.2. The van der Waals surface area contributed by atoms with Crippen LogP contribution in [0.4, 0.5) is 5.69 Å². The van der Waals surface area contributed by atoms with E-state index in [0.29, 0.717) is 40.2 Å². The number of aromatic nitrogens is 5. The predicted molar refractivity (Wildman–Crippen MR) is 179 cm³/mol. The molecule has 0 radical (unpaired) electrons. The number of ether oxygens (including phenoxy) is 2. The zero-order chi connectivity index (χ0) is 33.9. The number of hydrogen-bond acceptors (Lipinski definition) is 11. The Morgan fingerprint density at radius 3 is 2.78 bits per heavy atom. The fraction of sp³-hybridized carbons (Fsp3) is 0.500. The number of carbonyl (C=O) groups excluding carboxylic acids is 1. The largest absolute Gasteiger partial charge is 0.473 e. The number of nitrogens with two attached hydrogens (primary N) is 1. The molecule has 8 rings (SSSR count). The molecule has 2 aliphatic carbocycles. The molecule has 13 heteroatoms. The number of amides is 1. The predicted octanol–water partition coefficient (Wildman–Crippen LogP) is 4.06. The van der Waals surface area contributed by atoms with Crippen molar-refractivity contribution < 1.29 is 18.8 Å². The number of carbonyl (C=O) groups is 1. The number of benzene rings is 1. The van der Waals surface area contributed by atoms with E-state index in [1.54, 1.807) is 30.1 Å². The van der Waals surface area contributed by atoms with Crippen molar-refractivity contribution in [3.63, 3.8) is 0 Å². The highest BCUT2D eigenvalue weighted by Crippen LogP contribution is 2.54. The van der Waals surface area contributed by atoms with Crippen molar-refractivity contribution in [2.45, 2.75) is 82.0 Å². The van der Waals surface area contributed by atoms with Gasteiger partial charge in [0.2, 0.25) is 5.88 Å². The monoisotopic (exact) mass is 663 g/mol. The van der Waals surface area contributed by atoms with Crippen LogP contribution >= 0.6 is 0 Å². The Morgan fingerprint density at radius 1 is 1.14 bits per heavy atom. The number of likely N-dealkylation sites (N-methyl/N-ethyl adjacent to an activating group) is 1. The molecule has 4 aliphatic rings. The van der Waals surface area contributed by atoms with Crippen molar-refractivity contribution >= 4 is 11.6 Å². The SMILES string of the molecule is COC1CCN(C)C1C(C)Oc1cc(-n2ccc(C(=O)N3CCCC3)n2)nc(-c2noc3c2CCCC32CCc3ccc(N)c(C#N)c32)n1. The minimum Gasteiger partial charge on any atom is -0.473 e. The Labute approximate surface area is 285 Å². The van der Waals surface area contributed by atoms with E-state index < -0.39 is 5.41 Å². The van der Waals surface area contributed by atoms with Crippen molar-refractivity contribution in [3.8, 4) is 29.3 Å². The normalized spacial score (nSPS) is 23.8.